The van der Waals surface area contributed by atoms with Crippen molar-refractivity contribution < 1.29 is 13.5 Å². The molecule has 0 aromatic carbocycles. The van der Waals surface area contributed by atoms with Crippen LogP contribution < -0.4 is 5.73 Å². The third-order valence-electron chi connectivity index (χ3n) is 2.84. The van der Waals surface area contributed by atoms with E-state index in [-0.39, 0.29) is 6.04 Å². The van der Waals surface area contributed by atoms with Crippen molar-refractivity contribution in [1.82, 2.24) is 0 Å². The van der Waals surface area contributed by atoms with Crippen LogP contribution in [0.15, 0.2) is 0 Å². The molecule has 0 heterocycles. The molecule has 1 fully saturated rings. The summed E-state index contributed by atoms with van der Waals surface area (Å²) in [6, 6.07) is 0.134. The third kappa shape index (κ3) is 4.33. The number of alkyl halides is 2. The highest BCUT2D eigenvalue weighted by atomic mass is 19.3. The lowest BCUT2D eigenvalue weighted by Gasteiger charge is -2.18. The molecule has 0 aliphatic heterocycles. The molecule has 2 nitrogen and oxygen atoms in total. The van der Waals surface area contributed by atoms with E-state index in [0.29, 0.717) is 18.9 Å². The lowest BCUT2D eigenvalue weighted by Crippen LogP contribution is -2.30. The maximum atomic E-state index is 11.7. The van der Waals surface area contributed by atoms with Crippen molar-refractivity contribution in [2.24, 2.45) is 11.7 Å². The molecule has 1 saturated carbocycles. The number of rotatable bonds is 6. The highest BCUT2D eigenvalue weighted by Crippen LogP contribution is 2.27. The van der Waals surface area contributed by atoms with Gasteiger partial charge in [0.15, 0.2) is 0 Å². The molecule has 1 aliphatic rings. The Bertz CT molecular complexity index is 149. The average Bonchev–Trinajstić information content (AvgIpc) is 2.64. The number of nitrogens with two attached hydrogens (primary N) is 1. The summed E-state index contributed by atoms with van der Waals surface area (Å²) in [5.74, 6) is 0.588. The lowest BCUT2D eigenvalue weighted by atomic mass is 9.97. The average molecular weight is 207 g/mol. The SMILES string of the molecule is NC(CCOCC(F)F)C1CCCC1. The van der Waals surface area contributed by atoms with Gasteiger partial charge in [0, 0.05) is 12.6 Å². The Morgan fingerprint density at radius 2 is 1.93 bits per heavy atom. The maximum absolute atomic E-state index is 11.7. The van der Waals surface area contributed by atoms with Gasteiger partial charge in [0.1, 0.15) is 6.61 Å². The van der Waals surface area contributed by atoms with Crippen LogP contribution in [0.4, 0.5) is 8.78 Å². The molecular weight excluding hydrogens is 188 g/mol. The van der Waals surface area contributed by atoms with Crippen LogP contribution in [0.2, 0.25) is 0 Å². The molecule has 0 aromatic heterocycles. The van der Waals surface area contributed by atoms with Crippen molar-refractivity contribution in [3.63, 3.8) is 0 Å². The number of ether oxygens (including phenoxy) is 1. The summed E-state index contributed by atoms with van der Waals surface area (Å²) in [6.45, 7) is -0.0978. The van der Waals surface area contributed by atoms with Crippen molar-refractivity contribution in [3.05, 3.63) is 0 Å². The van der Waals surface area contributed by atoms with Crippen LogP contribution in [0.1, 0.15) is 32.1 Å². The second kappa shape index (κ2) is 6.30. The van der Waals surface area contributed by atoms with Gasteiger partial charge in [-0.15, -0.1) is 0 Å². The van der Waals surface area contributed by atoms with Crippen LogP contribution in [0.3, 0.4) is 0 Å². The highest BCUT2D eigenvalue weighted by Gasteiger charge is 2.21. The van der Waals surface area contributed by atoms with Gasteiger partial charge < -0.3 is 10.5 Å². The predicted molar refractivity (Wildman–Crippen MR) is 51.4 cm³/mol. The van der Waals surface area contributed by atoms with Gasteiger partial charge in [-0.2, -0.15) is 0 Å². The van der Waals surface area contributed by atoms with Gasteiger partial charge in [0.05, 0.1) is 0 Å². The normalized spacial score (nSPS) is 20.6. The van der Waals surface area contributed by atoms with Gasteiger partial charge in [-0.05, 0) is 25.2 Å². The predicted octanol–water partition coefficient (Wildman–Crippen LogP) is 2.18. The van der Waals surface area contributed by atoms with Crippen LogP contribution >= 0.6 is 0 Å². The third-order valence-corrected chi connectivity index (χ3v) is 2.84. The Morgan fingerprint density at radius 3 is 2.50 bits per heavy atom. The minimum Gasteiger partial charge on any atom is -0.375 e. The zero-order chi connectivity index (χ0) is 10.4. The molecule has 0 spiro atoms. The fourth-order valence-electron chi connectivity index (χ4n) is 2.01. The van der Waals surface area contributed by atoms with E-state index in [1.54, 1.807) is 0 Å². The van der Waals surface area contributed by atoms with Gasteiger partial charge >= 0.3 is 0 Å². The van der Waals surface area contributed by atoms with Crippen LogP contribution in [0, 0.1) is 5.92 Å². The van der Waals surface area contributed by atoms with Crippen molar-refractivity contribution in [3.8, 4) is 0 Å². The van der Waals surface area contributed by atoms with E-state index < -0.39 is 13.0 Å². The molecule has 2 N–H and O–H groups in total. The van der Waals surface area contributed by atoms with Gasteiger partial charge in [0.2, 0.25) is 0 Å². The van der Waals surface area contributed by atoms with Crippen molar-refractivity contribution >= 4 is 0 Å². The summed E-state index contributed by atoms with van der Waals surface area (Å²) in [6.07, 6.45) is 3.24. The van der Waals surface area contributed by atoms with Crippen molar-refractivity contribution in [2.45, 2.75) is 44.6 Å². The van der Waals surface area contributed by atoms with E-state index in [2.05, 4.69) is 0 Å². The molecule has 1 unspecified atom stereocenters. The maximum Gasteiger partial charge on any atom is 0.261 e. The second-order valence-electron chi connectivity index (χ2n) is 3.96. The Morgan fingerprint density at radius 1 is 1.29 bits per heavy atom. The van der Waals surface area contributed by atoms with Crippen molar-refractivity contribution in [1.29, 1.82) is 0 Å². The molecule has 14 heavy (non-hydrogen) atoms. The van der Waals surface area contributed by atoms with E-state index in [9.17, 15) is 8.78 Å². The Labute approximate surface area is 83.8 Å². The Kier molecular flexibility index (Phi) is 5.33. The minimum absolute atomic E-state index is 0.134. The van der Waals surface area contributed by atoms with Gasteiger partial charge in [-0.1, -0.05) is 12.8 Å². The first-order valence-electron chi connectivity index (χ1n) is 5.31. The highest BCUT2D eigenvalue weighted by molar-refractivity contribution is 4.77. The van der Waals surface area contributed by atoms with Gasteiger partial charge in [0.25, 0.3) is 6.43 Å². The number of hydrogen-bond acceptors (Lipinski definition) is 2. The van der Waals surface area contributed by atoms with Crippen LogP contribution in [-0.2, 0) is 4.74 Å². The summed E-state index contributed by atoms with van der Waals surface area (Å²) in [5, 5.41) is 0. The molecule has 0 aromatic rings. The second-order valence-corrected chi connectivity index (χ2v) is 3.96. The van der Waals surface area contributed by atoms with E-state index in [4.69, 9.17) is 10.5 Å². The molecule has 1 rings (SSSR count). The van der Waals surface area contributed by atoms with Gasteiger partial charge in [-0.25, -0.2) is 8.78 Å². The molecule has 0 radical (unpaired) electrons. The zero-order valence-electron chi connectivity index (χ0n) is 8.42. The smallest absolute Gasteiger partial charge is 0.261 e. The Balaban J connectivity index is 1.99. The molecule has 1 aliphatic carbocycles. The summed E-state index contributed by atoms with van der Waals surface area (Å²) < 4.78 is 28.2. The van der Waals surface area contributed by atoms with E-state index >= 15 is 0 Å². The number of hydrogen-bond donors (Lipinski definition) is 1. The molecule has 0 bridgehead atoms. The Hall–Kier alpha value is -0.220. The van der Waals surface area contributed by atoms with Crippen molar-refractivity contribution in [2.75, 3.05) is 13.2 Å². The first-order valence-corrected chi connectivity index (χ1v) is 5.31. The minimum atomic E-state index is -2.36. The first kappa shape index (κ1) is 11.9. The fourth-order valence-corrected chi connectivity index (χ4v) is 2.01. The molecular formula is C10H19F2NO. The first-order chi connectivity index (χ1) is 6.70. The molecule has 4 heteroatoms. The monoisotopic (exact) mass is 207 g/mol. The van der Waals surface area contributed by atoms with Crippen LogP contribution in [-0.4, -0.2) is 25.7 Å². The summed E-state index contributed by atoms with van der Waals surface area (Å²) in [7, 11) is 0. The quantitative estimate of drug-likeness (QED) is 0.677. The van der Waals surface area contributed by atoms with E-state index in [0.717, 1.165) is 0 Å². The van der Waals surface area contributed by atoms with Crippen LogP contribution in [0.25, 0.3) is 0 Å². The summed E-state index contributed by atoms with van der Waals surface area (Å²) in [5.41, 5.74) is 5.93. The molecule has 84 valence electrons. The molecule has 0 amide bonds. The largest absolute Gasteiger partial charge is 0.375 e. The fraction of sp³-hybridized carbons (Fsp3) is 1.00. The van der Waals surface area contributed by atoms with E-state index in [1.807, 2.05) is 0 Å². The number of halogens is 2. The molecule has 1 atom stereocenters. The summed E-state index contributed by atoms with van der Waals surface area (Å²) in [4.78, 5) is 0. The van der Waals surface area contributed by atoms with Crippen LogP contribution in [0.5, 0.6) is 0 Å². The molecule has 0 saturated heterocycles. The standard InChI is InChI=1S/C10H19F2NO/c11-10(12)7-14-6-5-9(13)8-3-1-2-4-8/h8-10H,1-7,13H2. The van der Waals surface area contributed by atoms with Gasteiger partial charge in [-0.3, -0.25) is 0 Å². The summed E-state index contributed by atoms with van der Waals surface area (Å²) >= 11 is 0. The lowest BCUT2D eigenvalue weighted by molar-refractivity contribution is 0.0140. The topological polar surface area (TPSA) is 35.2 Å². The van der Waals surface area contributed by atoms with E-state index in [1.165, 1.54) is 25.7 Å². The zero-order valence-corrected chi connectivity index (χ0v) is 8.42.